The summed E-state index contributed by atoms with van der Waals surface area (Å²) in [4.78, 5) is 2.63. The maximum atomic E-state index is 8.66. The van der Waals surface area contributed by atoms with E-state index in [1.807, 2.05) is 0 Å². The van der Waals surface area contributed by atoms with E-state index in [0.717, 1.165) is 6.42 Å². The molecule has 2 heteroatoms. The van der Waals surface area contributed by atoms with Crippen molar-refractivity contribution in [3.63, 3.8) is 0 Å². The van der Waals surface area contributed by atoms with Crippen LogP contribution in [0.5, 0.6) is 0 Å². The van der Waals surface area contributed by atoms with E-state index < -0.39 is 0 Å². The molecule has 1 aliphatic heterocycles. The highest BCUT2D eigenvalue weighted by Gasteiger charge is 2.09. The normalized spacial score (nSPS) is 16.5. The fourth-order valence-electron chi connectivity index (χ4n) is 2.87. The molecule has 0 radical (unpaired) electrons. The smallest absolute Gasteiger partial charge is 0.0431 e. The van der Waals surface area contributed by atoms with Gasteiger partial charge in [0.1, 0.15) is 0 Å². The molecule has 0 atom stereocenters. The molecule has 0 aromatic heterocycles. The van der Waals surface area contributed by atoms with Gasteiger partial charge in [-0.3, -0.25) is 0 Å². The Bertz CT molecular complexity index is 166. The van der Waals surface area contributed by atoms with E-state index in [9.17, 15) is 0 Å². The molecule has 1 rings (SSSR count). The number of likely N-dealkylation sites (tertiary alicyclic amines) is 1. The van der Waals surface area contributed by atoms with Crippen LogP contribution in [-0.2, 0) is 0 Å². The van der Waals surface area contributed by atoms with Crippen molar-refractivity contribution >= 4 is 0 Å². The summed E-state index contributed by atoms with van der Waals surface area (Å²) in [5.41, 5.74) is 0. The van der Waals surface area contributed by atoms with Crippen LogP contribution in [0.1, 0.15) is 77.0 Å². The number of aliphatic hydroxyl groups is 1. The van der Waals surface area contributed by atoms with E-state index in [1.165, 1.54) is 90.3 Å². The van der Waals surface area contributed by atoms with E-state index in [1.54, 1.807) is 0 Å². The fourth-order valence-corrected chi connectivity index (χ4v) is 2.87. The van der Waals surface area contributed by atoms with Crippen molar-refractivity contribution in [2.75, 3.05) is 26.2 Å². The van der Waals surface area contributed by atoms with Crippen LogP contribution in [0.3, 0.4) is 0 Å². The molecule has 1 N–H and O–H groups in total. The molecule has 0 saturated carbocycles. The Labute approximate surface area is 114 Å². The lowest BCUT2D eigenvalue weighted by molar-refractivity contribution is 0.282. The summed E-state index contributed by atoms with van der Waals surface area (Å²) in [6.07, 6.45) is 16.3. The molecule has 0 spiro atoms. The standard InChI is InChI=1S/C16H33NO/c18-16-12-8-6-4-2-1-3-5-7-9-13-17-14-10-11-15-17/h18H,1-16H2. The second kappa shape index (κ2) is 12.0. The van der Waals surface area contributed by atoms with Crippen LogP contribution in [0.25, 0.3) is 0 Å². The molecular weight excluding hydrogens is 222 g/mol. The molecule has 0 aromatic rings. The number of hydrogen-bond donors (Lipinski definition) is 1. The van der Waals surface area contributed by atoms with E-state index in [-0.39, 0.29) is 0 Å². The van der Waals surface area contributed by atoms with Gasteiger partial charge in [0.25, 0.3) is 0 Å². The molecular formula is C16H33NO. The van der Waals surface area contributed by atoms with Gasteiger partial charge in [-0.25, -0.2) is 0 Å². The third kappa shape index (κ3) is 8.93. The first kappa shape index (κ1) is 16.0. The van der Waals surface area contributed by atoms with Crippen LogP contribution in [0.4, 0.5) is 0 Å². The number of hydrogen-bond acceptors (Lipinski definition) is 2. The summed E-state index contributed by atoms with van der Waals surface area (Å²) < 4.78 is 0. The Kier molecular flexibility index (Phi) is 10.6. The van der Waals surface area contributed by atoms with Crippen molar-refractivity contribution in [2.24, 2.45) is 0 Å². The fraction of sp³-hybridized carbons (Fsp3) is 1.00. The predicted molar refractivity (Wildman–Crippen MR) is 78.9 cm³/mol. The van der Waals surface area contributed by atoms with Crippen LogP contribution in [0.2, 0.25) is 0 Å². The zero-order chi connectivity index (χ0) is 12.9. The first-order chi connectivity index (χ1) is 8.93. The highest BCUT2D eigenvalue weighted by atomic mass is 16.2. The Morgan fingerprint density at radius 2 is 1.06 bits per heavy atom. The Balaban J connectivity index is 1.68. The molecule has 18 heavy (non-hydrogen) atoms. The molecule has 1 heterocycles. The van der Waals surface area contributed by atoms with Crippen LogP contribution in [0, 0.1) is 0 Å². The summed E-state index contributed by atoms with van der Waals surface area (Å²) in [7, 11) is 0. The summed E-state index contributed by atoms with van der Waals surface area (Å²) in [6.45, 7) is 4.43. The van der Waals surface area contributed by atoms with Crippen molar-refractivity contribution < 1.29 is 5.11 Å². The van der Waals surface area contributed by atoms with Gasteiger partial charge in [-0.15, -0.1) is 0 Å². The topological polar surface area (TPSA) is 23.5 Å². The first-order valence-corrected chi connectivity index (χ1v) is 8.26. The largest absolute Gasteiger partial charge is 0.396 e. The number of aliphatic hydroxyl groups excluding tert-OH is 1. The highest BCUT2D eigenvalue weighted by Crippen LogP contribution is 2.12. The van der Waals surface area contributed by atoms with Gasteiger partial charge in [0.15, 0.2) is 0 Å². The van der Waals surface area contributed by atoms with E-state index in [2.05, 4.69) is 4.90 Å². The van der Waals surface area contributed by atoms with Gasteiger partial charge < -0.3 is 10.0 Å². The van der Waals surface area contributed by atoms with Crippen molar-refractivity contribution in [3.05, 3.63) is 0 Å². The average Bonchev–Trinajstić information content (AvgIpc) is 2.89. The van der Waals surface area contributed by atoms with Crippen LogP contribution in [-0.4, -0.2) is 36.2 Å². The summed E-state index contributed by atoms with van der Waals surface area (Å²) in [5.74, 6) is 0. The van der Waals surface area contributed by atoms with Crippen molar-refractivity contribution in [2.45, 2.75) is 77.0 Å². The molecule has 0 amide bonds. The molecule has 0 aromatic carbocycles. The van der Waals surface area contributed by atoms with Crippen LogP contribution in [0.15, 0.2) is 0 Å². The molecule has 0 bridgehead atoms. The lowest BCUT2D eigenvalue weighted by Gasteiger charge is -2.13. The lowest BCUT2D eigenvalue weighted by Crippen LogP contribution is -2.20. The van der Waals surface area contributed by atoms with E-state index in [4.69, 9.17) is 5.11 Å². The van der Waals surface area contributed by atoms with Gasteiger partial charge in [0, 0.05) is 6.61 Å². The zero-order valence-electron chi connectivity index (χ0n) is 12.2. The molecule has 1 fully saturated rings. The average molecular weight is 255 g/mol. The SMILES string of the molecule is OCCCCCCCCCCCCN1CCCC1. The third-order valence-corrected chi connectivity index (χ3v) is 4.08. The van der Waals surface area contributed by atoms with Crippen molar-refractivity contribution in [1.82, 2.24) is 4.90 Å². The number of rotatable bonds is 12. The first-order valence-electron chi connectivity index (χ1n) is 8.26. The molecule has 0 unspecified atom stereocenters. The Morgan fingerprint density at radius 3 is 1.56 bits per heavy atom. The predicted octanol–water partition coefficient (Wildman–Crippen LogP) is 3.98. The van der Waals surface area contributed by atoms with Gasteiger partial charge in [-0.05, 0) is 45.3 Å². The molecule has 2 nitrogen and oxygen atoms in total. The summed E-state index contributed by atoms with van der Waals surface area (Å²) >= 11 is 0. The molecule has 108 valence electrons. The zero-order valence-corrected chi connectivity index (χ0v) is 12.2. The Morgan fingerprint density at radius 1 is 0.611 bits per heavy atom. The minimum atomic E-state index is 0.372. The van der Waals surface area contributed by atoms with E-state index >= 15 is 0 Å². The monoisotopic (exact) mass is 255 g/mol. The Hall–Kier alpha value is -0.0800. The minimum absolute atomic E-state index is 0.372. The van der Waals surface area contributed by atoms with Gasteiger partial charge in [0.2, 0.25) is 0 Å². The van der Waals surface area contributed by atoms with Crippen LogP contribution >= 0.6 is 0 Å². The van der Waals surface area contributed by atoms with E-state index in [0.29, 0.717) is 6.61 Å². The summed E-state index contributed by atoms with van der Waals surface area (Å²) in [5, 5.41) is 8.66. The lowest BCUT2D eigenvalue weighted by atomic mass is 10.1. The van der Waals surface area contributed by atoms with Crippen molar-refractivity contribution in [1.29, 1.82) is 0 Å². The minimum Gasteiger partial charge on any atom is -0.396 e. The second-order valence-electron chi connectivity index (χ2n) is 5.81. The highest BCUT2D eigenvalue weighted by molar-refractivity contribution is 4.65. The second-order valence-corrected chi connectivity index (χ2v) is 5.81. The van der Waals surface area contributed by atoms with Gasteiger partial charge in [-0.1, -0.05) is 51.4 Å². The summed E-state index contributed by atoms with van der Waals surface area (Å²) in [6, 6.07) is 0. The van der Waals surface area contributed by atoms with Gasteiger partial charge in [-0.2, -0.15) is 0 Å². The molecule has 1 saturated heterocycles. The maximum absolute atomic E-state index is 8.66. The quantitative estimate of drug-likeness (QED) is 0.533. The number of nitrogens with zero attached hydrogens (tertiary/aromatic N) is 1. The van der Waals surface area contributed by atoms with Gasteiger partial charge >= 0.3 is 0 Å². The number of unbranched alkanes of at least 4 members (excludes halogenated alkanes) is 9. The maximum Gasteiger partial charge on any atom is 0.0431 e. The molecule has 0 aliphatic carbocycles. The third-order valence-electron chi connectivity index (χ3n) is 4.08. The molecule has 1 aliphatic rings. The van der Waals surface area contributed by atoms with Crippen LogP contribution < -0.4 is 0 Å². The van der Waals surface area contributed by atoms with Gasteiger partial charge in [0.05, 0.1) is 0 Å². The van der Waals surface area contributed by atoms with Crippen molar-refractivity contribution in [3.8, 4) is 0 Å².